The van der Waals surface area contributed by atoms with Crippen LogP contribution < -0.4 is 10.5 Å². The minimum absolute atomic E-state index is 0.0946. The highest BCUT2D eigenvalue weighted by Gasteiger charge is 2.12. The predicted molar refractivity (Wildman–Crippen MR) is 70.0 cm³/mol. The zero-order chi connectivity index (χ0) is 13.1. The summed E-state index contributed by atoms with van der Waals surface area (Å²) in [4.78, 5) is 7.86. The fourth-order valence-electron chi connectivity index (χ4n) is 1.49. The number of hydrogen-bond donors (Lipinski definition) is 1. The number of nitrogens with zero attached hydrogens (tertiary/aromatic N) is 2. The van der Waals surface area contributed by atoms with Gasteiger partial charge in [-0.1, -0.05) is 22.9 Å². The smallest absolute Gasteiger partial charge is 0.227 e. The van der Waals surface area contributed by atoms with E-state index in [4.69, 9.17) is 10.5 Å². The van der Waals surface area contributed by atoms with Crippen molar-refractivity contribution in [3.05, 3.63) is 40.4 Å². The number of ether oxygens (including phenoxy) is 1. The van der Waals surface area contributed by atoms with E-state index in [1.165, 1.54) is 18.5 Å². The Morgan fingerprint density at radius 2 is 2.17 bits per heavy atom. The van der Waals surface area contributed by atoms with Crippen LogP contribution in [-0.2, 0) is 6.42 Å². The SMILES string of the molecule is CCc1c(N)ncnc1Oc1cc(Br)ccc1F. The summed E-state index contributed by atoms with van der Waals surface area (Å²) in [7, 11) is 0. The van der Waals surface area contributed by atoms with Gasteiger partial charge in [0.2, 0.25) is 5.88 Å². The molecule has 1 aromatic carbocycles. The number of benzene rings is 1. The van der Waals surface area contributed by atoms with Gasteiger partial charge in [-0.3, -0.25) is 0 Å². The van der Waals surface area contributed by atoms with Crippen LogP contribution >= 0.6 is 15.9 Å². The van der Waals surface area contributed by atoms with Crippen molar-refractivity contribution in [2.75, 3.05) is 5.73 Å². The van der Waals surface area contributed by atoms with Crippen molar-refractivity contribution in [3.8, 4) is 11.6 Å². The molecule has 0 aliphatic carbocycles. The van der Waals surface area contributed by atoms with E-state index < -0.39 is 5.82 Å². The summed E-state index contributed by atoms with van der Waals surface area (Å²) in [6, 6.07) is 4.44. The fraction of sp³-hybridized carbons (Fsp3) is 0.167. The molecule has 2 rings (SSSR count). The molecule has 94 valence electrons. The Morgan fingerprint density at radius 1 is 1.39 bits per heavy atom. The molecule has 6 heteroatoms. The monoisotopic (exact) mass is 311 g/mol. The molecule has 18 heavy (non-hydrogen) atoms. The number of halogens is 2. The number of nitrogens with two attached hydrogens (primary N) is 1. The standard InChI is InChI=1S/C12H11BrFN3O/c1-2-8-11(15)16-6-17-12(8)18-10-5-7(13)3-4-9(10)14/h3-6H,2H2,1H3,(H2,15,16,17). The third-order valence-electron chi connectivity index (χ3n) is 2.39. The lowest BCUT2D eigenvalue weighted by molar-refractivity contribution is 0.422. The van der Waals surface area contributed by atoms with Crippen LogP contribution in [0.3, 0.4) is 0 Å². The first kappa shape index (κ1) is 12.8. The highest BCUT2D eigenvalue weighted by molar-refractivity contribution is 9.10. The van der Waals surface area contributed by atoms with Gasteiger partial charge < -0.3 is 10.5 Å². The first-order valence-electron chi connectivity index (χ1n) is 5.34. The van der Waals surface area contributed by atoms with Gasteiger partial charge in [0.05, 0.1) is 5.56 Å². The molecular weight excluding hydrogens is 301 g/mol. The van der Waals surface area contributed by atoms with E-state index in [-0.39, 0.29) is 11.6 Å². The average Bonchev–Trinajstić information content (AvgIpc) is 2.34. The van der Waals surface area contributed by atoms with E-state index in [1.54, 1.807) is 6.07 Å². The van der Waals surface area contributed by atoms with E-state index in [0.29, 0.717) is 17.8 Å². The molecule has 2 N–H and O–H groups in total. The topological polar surface area (TPSA) is 61.0 Å². The molecule has 0 saturated carbocycles. The number of nitrogen functional groups attached to an aromatic ring is 1. The van der Waals surface area contributed by atoms with Crippen molar-refractivity contribution in [1.82, 2.24) is 9.97 Å². The molecule has 0 saturated heterocycles. The molecule has 0 unspecified atom stereocenters. The number of hydrogen-bond acceptors (Lipinski definition) is 4. The Hall–Kier alpha value is -1.69. The van der Waals surface area contributed by atoms with Crippen molar-refractivity contribution < 1.29 is 9.13 Å². The molecule has 0 radical (unpaired) electrons. The quantitative estimate of drug-likeness (QED) is 0.944. The lowest BCUT2D eigenvalue weighted by Gasteiger charge is -2.10. The summed E-state index contributed by atoms with van der Waals surface area (Å²) in [5.74, 6) is 0.259. The van der Waals surface area contributed by atoms with Gasteiger partial charge in [0, 0.05) is 4.47 Å². The third-order valence-corrected chi connectivity index (χ3v) is 2.89. The van der Waals surface area contributed by atoms with Gasteiger partial charge in [-0.25, -0.2) is 14.4 Å². The predicted octanol–water partition coefficient (Wildman–Crippen LogP) is 3.32. The van der Waals surface area contributed by atoms with E-state index in [1.807, 2.05) is 6.92 Å². The summed E-state index contributed by atoms with van der Waals surface area (Å²) in [5, 5.41) is 0. The van der Waals surface area contributed by atoms with Crippen molar-refractivity contribution in [2.24, 2.45) is 0 Å². The maximum absolute atomic E-state index is 13.6. The molecule has 2 aromatic rings. The Bertz CT molecular complexity index is 577. The molecule has 0 aliphatic rings. The molecule has 0 bridgehead atoms. The van der Waals surface area contributed by atoms with Crippen molar-refractivity contribution in [1.29, 1.82) is 0 Å². The van der Waals surface area contributed by atoms with Crippen LogP contribution in [0.2, 0.25) is 0 Å². The molecule has 0 spiro atoms. The van der Waals surface area contributed by atoms with Crippen LogP contribution in [0.4, 0.5) is 10.2 Å². The molecule has 1 aromatic heterocycles. The second kappa shape index (κ2) is 5.30. The summed E-state index contributed by atoms with van der Waals surface area (Å²) in [6.45, 7) is 1.90. The van der Waals surface area contributed by atoms with Gasteiger partial charge in [-0.15, -0.1) is 0 Å². The number of aromatic nitrogens is 2. The molecule has 0 atom stereocenters. The highest BCUT2D eigenvalue weighted by Crippen LogP contribution is 2.29. The van der Waals surface area contributed by atoms with E-state index in [9.17, 15) is 4.39 Å². The zero-order valence-corrected chi connectivity index (χ0v) is 11.2. The summed E-state index contributed by atoms with van der Waals surface area (Å²) < 4.78 is 19.7. The van der Waals surface area contributed by atoms with Gasteiger partial charge >= 0.3 is 0 Å². The largest absolute Gasteiger partial charge is 0.435 e. The van der Waals surface area contributed by atoms with Gasteiger partial charge in [0.1, 0.15) is 12.1 Å². The van der Waals surface area contributed by atoms with Gasteiger partial charge in [-0.05, 0) is 24.6 Å². The van der Waals surface area contributed by atoms with Crippen molar-refractivity contribution >= 4 is 21.7 Å². The summed E-state index contributed by atoms with van der Waals surface area (Å²) in [5.41, 5.74) is 6.38. The molecule has 0 amide bonds. The number of rotatable bonds is 3. The normalized spacial score (nSPS) is 10.4. The zero-order valence-electron chi connectivity index (χ0n) is 9.65. The second-order valence-electron chi connectivity index (χ2n) is 3.57. The van der Waals surface area contributed by atoms with Crippen LogP contribution in [-0.4, -0.2) is 9.97 Å². The van der Waals surface area contributed by atoms with Crippen molar-refractivity contribution in [2.45, 2.75) is 13.3 Å². The van der Waals surface area contributed by atoms with E-state index >= 15 is 0 Å². The molecular formula is C12H11BrFN3O. The van der Waals surface area contributed by atoms with Gasteiger partial charge in [0.15, 0.2) is 11.6 Å². The molecule has 0 fully saturated rings. The van der Waals surface area contributed by atoms with Crippen LogP contribution in [0.5, 0.6) is 11.6 Å². The minimum atomic E-state index is -0.461. The minimum Gasteiger partial charge on any atom is -0.435 e. The lowest BCUT2D eigenvalue weighted by atomic mass is 10.2. The van der Waals surface area contributed by atoms with Crippen LogP contribution in [0.15, 0.2) is 29.0 Å². The molecule has 4 nitrogen and oxygen atoms in total. The molecule has 1 heterocycles. The fourth-order valence-corrected chi connectivity index (χ4v) is 1.83. The maximum Gasteiger partial charge on any atom is 0.227 e. The Labute approximate surface area is 112 Å². The Kier molecular flexibility index (Phi) is 3.76. The lowest BCUT2D eigenvalue weighted by Crippen LogP contribution is -2.02. The Balaban J connectivity index is 2.40. The van der Waals surface area contributed by atoms with Crippen LogP contribution in [0, 0.1) is 5.82 Å². The third kappa shape index (κ3) is 2.59. The van der Waals surface area contributed by atoms with E-state index in [2.05, 4.69) is 25.9 Å². The van der Waals surface area contributed by atoms with Crippen LogP contribution in [0.25, 0.3) is 0 Å². The average molecular weight is 312 g/mol. The van der Waals surface area contributed by atoms with Crippen LogP contribution in [0.1, 0.15) is 12.5 Å². The Morgan fingerprint density at radius 3 is 2.89 bits per heavy atom. The highest BCUT2D eigenvalue weighted by atomic mass is 79.9. The maximum atomic E-state index is 13.6. The van der Waals surface area contributed by atoms with Gasteiger partial charge in [0.25, 0.3) is 0 Å². The second-order valence-corrected chi connectivity index (χ2v) is 4.49. The summed E-state index contributed by atoms with van der Waals surface area (Å²) >= 11 is 3.26. The molecule has 0 aliphatic heterocycles. The first-order chi connectivity index (χ1) is 8.61. The van der Waals surface area contributed by atoms with E-state index in [0.717, 1.165) is 4.47 Å². The van der Waals surface area contributed by atoms with Gasteiger partial charge in [-0.2, -0.15) is 0 Å². The van der Waals surface area contributed by atoms with Crippen molar-refractivity contribution in [3.63, 3.8) is 0 Å². The summed E-state index contributed by atoms with van der Waals surface area (Å²) in [6.07, 6.45) is 1.90. The first-order valence-corrected chi connectivity index (χ1v) is 6.13. The number of anilines is 1.